The number of hydrogen-bond acceptors (Lipinski definition) is 2. The summed E-state index contributed by atoms with van der Waals surface area (Å²) in [4.78, 5) is 0. The Kier molecular flexibility index (Phi) is 4.98. The van der Waals surface area contributed by atoms with Crippen molar-refractivity contribution in [2.45, 2.75) is 13.8 Å². The van der Waals surface area contributed by atoms with Gasteiger partial charge in [0.1, 0.15) is 5.75 Å². The zero-order chi connectivity index (χ0) is 10.6. The second-order valence-electron chi connectivity index (χ2n) is 2.79. The quantitative estimate of drug-likeness (QED) is 0.478. The van der Waals surface area contributed by atoms with Crippen molar-refractivity contribution in [2.75, 3.05) is 13.4 Å². The van der Waals surface area contributed by atoms with Crippen LogP contribution in [0.2, 0.25) is 5.02 Å². The molecule has 0 spiro atoms. The molecule has 4 heteroatoms. The molecule has 1 rings (SSSR count). The average Bonchev–Trinajstić information content (AvgIpc) is 2.13. The maximum atomic E-state index is 5.91. The minimum atomic E-state index is 0.270. The van der Waals surface area contributed by atoms with Crippen molar-refractivity contribution in [3.05, 3.63) is 26.3 Å². The summed E-state index contributed by atoms with van der Waals surface area (Å²) in [6, 6.07) is 3.71. The van der Waals surface area contributed by atoms with Crippen LogP contribution in [0.3, 0.4) is 0 Å². The van der Waals surface area contributed by atoms with Gasteiger partial charge in [0.25, 0.3) is 0 Å². The topological polar surface area (TPSA) is 18.5 Å². The Hall–Kier alpha value is -0.000000000000000111. The lowest BCUT2D eigenvalue weighted by Gasteiger charge is -2.10. The number of ether oxygens (including phenoxy) is 2. The first-order valence-corrected chi connectivity index (χ1v) is 5.77. The Morgan fingerprint density at radius 3 is 2.79 bits per heavy atom. The molecule has 0 N–H and O–H groups in total. The van der Waals surface area contributed by atoms with Crippen LogP contribution in [0.15, 0.2) is 12.1 Å². The van der Waals surface area contributed by atoms with E-state index in [0.717, 1.165) is 14.9 Å². The van der Waals surface area contributed by atoms with Crippen LogP contribution in [-0.4, -0.2) is 13.4 Å². The van der Waals surface area contributed by atoms with Gasteiger partial charge in [-0.3, -0.25) is 0 Å². The van der Waals surface area contributed by atoms with Crippen molar-refractivity contribution in [1.29, 1.82) is 0 Å². The van der Waals surface area contributed by atoms with Crippen molar-refractivity contribution in [2.24, 2.45) is 0 Å². The second kappa shape index (κ2) is 5.78. The Morgan fingerprint density at radius 2 is 2.14 bits per heavy atom. The lowest BCUT2D eigenvalue weighted by atomic mass is 10.2. The van der Waals surface area contributed by atoms with Crippen LogP contribution in [0.4, 0.5) is 0 Å². The summed E-state index contributed by atoms with van der Waals surface area (Å²) >= 11 is 8.14. The molecule has 0 aromatic heterocycles. The molecule has 0 unspecified atom stereocenters. The number of aryl methyl sites for hydroxylation is 1. The van der Waals surface area contributed by atoms with Crippen molar-refractivity contribution in [3.63, 3.8) is 0 Å². The fourth-order valence-corrected chi connectivity index (χ4v) is 1.72. The first-order chi connectivity index (χ1) is 6.65. The summed E-state index contributed by atoms with van der Waals surface area (Å²) in [5, 5.41) is 0.689. The van der Waals surface area contributed by atoms with Crippen LogP contribution in [0.1, 0.15) is 12.5 Å². The fourth-order valence-electron chi connectivity index (χ4n) is 0.988. The Morgan fingerprint density at radius 1 is 1.43 bits per heavy atom. The molecule has 14 heavy (non-hydrogen) atoms. The summed E-state index contributed by atoms with van der Waals surface area (Å²) in [5.74, 6) is 0.782. The predicted molar refractivity (Wildman–Crippen MR) is 66.0 cm³/mol. The lowest BCUT2D eigenvalue weighted by Crippen LogP contribution is -2.03. The highest BCUT2D eigenvalue weighted by Gasteiger charge is 2.05. The molecule has 0 aliphatic rings. The molecule has 2 nitrogen and oxygen atoms in total. The third-order valence-electron chi connectivity index (χ3n) is 1.69. The van der Waals surface area contributed by atoms with Gasteiger partial charge in [0.2, 0.25) is 0 Å². The van der Waals surface area contributed by atoms with E-state index < -0.39 is 0 Å². The average molecular weight is 327 g/mol. The lowest BCUT2D eigenvalue weighted by molar-refractivity contribution is 0.0219. The molecule has 0 heterocycles. The molecule has 1 aromatic rings. The molecular weight excluding hydrogens is 314 g/mol. The van der Waals surface area contributed by atoms with Gasteiger partial charge in [0.15, 0.2) is 6.79 Å². The summed E-state index contributed by atoms with van der Waals surface area (Å²) in [7, 11) is 0. The first-order valence-electron chi connectivity index (χ1n) is 4.31. The van der Waals surface area contributed by atoms with E-state index in [-0.39, 0.29) is 6.79 Å². The summed E-state index contributed by atoms with van der Waals surface area (Å²) in [6.07, 6.45) is 0. The largest absolute Gasteiger partial charge is 0.466 e. The first kappa shape index (κ1) is 12.1. The number of halogens is 2. The van der Waals surface area contributed by atoms with Gasteiger partial charge in [0.05, 0.1) is 3.57 Å². The molecule has 0 aliphatic carbocycles. The third-order valence-corrected chi connectivity index (χ3v) is 3.29. The third kappa shape index (κ3) is 3.29. The smallest absolute Gasteiger partial charge is 0.189 e. The van der Waals surface area contributed by atoms with Crippen LogP contribution >= 0.6 is 34.2 Å². The van der Waals surface area contributed by atoms with Gasteiger partial charge < -0.3 is 9.47 Å². The molecule has 0 fully saturated rings. The Balaban J connectivity index is 2.75. The van der Waals surface area contributed by atoms with E-state index in [1.807, 2.05) is 19.9 Å². The van der Waals surface area contributed by atoms with E-state index in [2.05, 4.69) is 22.6 Å². The van der Waals surface area contributed by atoms with Gasteiger partial charge in [0, 0.05) is 11.6 Å². The molecule has 0 saturated heterocycles. The van der Waals surface area contributed by atoms with E-state index in [1.165, 1.54) is 0 Å². The molecule has 78 valence electrons. The molecule has 1 aromatic carbocycles. The van der Waals surface area contributed by atoms with E-state index in [9.17, 15) is 0 Å². The Bertz CT molecular complexity index is 315. The van der Waals surface area contributed by atoms with Crippen LogP contribution < -0.4 is 4.74 Å². The number of benzene rings is 1. The fraction of sp³-hybridized carbons (Fsp3) is 0.400. The van der Waals surface area contributed by atoms with E-state index in [1.54, 1.807) is 6.07 Å². The molecule has 0 amide bonds. The molecular formula is C10H12ClIO2. The van der Waals surface area contributed by atoms with Crippen LogP contribution in [0.25, 0.3) is 0 Å². The minimum Gasteiger partial charge on any atom is -0.466 e. The van der Waals surface area contributed by atoms with Gasteiger partial charge in [-0.25, -0.2) is 0 Å². The Labute approximate surface area is 103 Å². The van der Waals surface area contributed by atoms with Crippen LogP contribution in [-0.2, 0) is 4.74 Å². The maximum absolute atomic E-state index is 5.91. The zero-order valence-electron chi connectivity index (χ0n) is 8.14. The van der Waals surface area contributed by atoms with E-state index in [0.29, 0.717) is 11.6 Å². The summed E-state index contributed by atoms with van der Waals surface area (Å²) in [6.45, 7) is 4.85. The van der Waals surface area contributed by atoms with E-state index in [4.69, 9.17) is 21.1 Å². The summed E-state index contributed by atoms with van der Waals surface area (Å²) in [5.41, 5.74) is 1.12. The molecule has 0 radical (unpaired) electrons. The highest BCUT2D eigenvalue weighted by atomic mass is 127. The highest BCUT2D eigenvalue weighted by molar-refractivity contribution is 14.1. The standard InChI is InChI=1S/C10H12ClIO2/c1-3-13-6-14-9-5-8(11)4-7(2)10(9)12/h4-5H,3,6H2,1-2H3. The van der Waals surface area contributed by atoms with Gasteiger partial charge in [-0.1, -0.05) is 11.6 Å². The molecule has 0 bridgehead atoms. The van der Waals surface area contributed by atoms with Crippen molar-refractivity contribution < 1.29 is 9.47 Å². The van der Waals surface area contributed by atoms with Crippen molar-refractivity contribution in [1.82, 2.24) is 0 Å². The minimum absolute atomic E-state index is 0.270. The summed E-state index contributed by atoms with van der Waals surface area (Å²) < 4.78 is 11.6. The van der Waals surface area contributed by atoms with Gasteiger partial charge in [-0.2, -0.15) is 0 Å². The normalized spacial score (nSPS) is 10.3. The number of hydrogen-bond donors (Lipinski definition) is 0. The van der Waals surface area contributed by atoms with Crippen molar-refractivity contribution >= 4 is 34.2 Å². The monoisotopic (exact) mass is 326 g/mol. The second-order valence-corrected chi connectivity index (χ2v) is 4.30. The van der Waals surface area contributed by atoms with Crippen molar-refractivity contribution in [3.8, 4) is 5.75 Å². The molecule has 0 saturated carbocycles. The SMILES string of the molecule is CCOCOc1cc(Cl)cc(C)c1I. The highest BCUT2D eigenvalue weighted by Crippen LogP contribution is 2.28. The van der Waals surface area contributed by atoms with E-state index >= 15 is 0 Å². The van der Waals surface area contributed by atoms with Gasteiger partial charge in [-0.15, -0.1) is 0 Å². The number of rotatable bonds is 4. The molecule has 0 atom stereocenters. The van der Waals surface area contributed by atoms with Crippen LogP contribution in [0.5, 0.6) is 5.75 Å². The van der Waals surface area contributed by atoms with Crippen LogP contribution in [0, 0.1) is 10.5 Å². The van der Waals surface area contributed by atoms with Gasteiger partial charge >= 0.3 is 0 Å². The predicted octanol–water partition coefficient (Wildman–Crippen LogP) is 3.63. The maximum Gasteiger partial charge on any atom is 0.189 e. The zero-order valence-corrected chi connectivity index (χ0v) is 11.1. The van der Waals surface area contributed by atoms with Gasteiger partial charge in [-0.05, 0) is 54.1 Å². The molecule has 0 aliphatic heterocycles.